The molecule has 0 aromatic heterocycles. The number of rotatable bonds is 7. The maximum atomic E-state index is 5.05. The number of ether oxygens (including phenoxy) is 1. The van der Waals surface area contributed by atoms with Gasteiger partial charge in [0.05, 0.1) is 13.2 Å². The number of hydrogen-bond acceptors (Lipinski definition) is 3. The van der Waals surface area contributed by atoms with E-state index in [1.54, 1.807) is 7.11 Å². The van der Waals surface area contributed by atoms with Crippen molar-refractivity contribution in [3.8, 4) is 0 Å². The topological polar surface area (TPSA) is 48.9 Å². The first kappa shape index (κ1) is 22.0. The molecular formula is C19H33IN4O. The number of guanidine groups is 1. The molecule has 142 valence electrons. The molecule has 1 aliphatic rings. The number of nitrogens with one attached hydrogen (secondary N) is 2. The lowest BCUT2D eigenvalue weighted by atomic mass is 10.0. The quantitative estimate of drug-likeness (QED) is 0.283. The molecule has 2 N–H and O–H groups in total. The van der Waals surface area contributed by atoms with E-state index >= 15 is 0 Å². The molecule has 0 bridgehead atoms. The fourth-order valence-electron chi connectivity index (χ4n) is 3.00. The van der Waals surface area contributed by atoms with E-state index in [2.05, 4.69) is 53.6 Å². The molecule has 0 radical (unpaired) electrons. The highest BCUT2D eigenvalue weighted by atomic mass is 127. The van der Waals surface area contributed by atoms with Gasteiger partial charge < -0.3 is 20.3 Å². The van der Waals surface area contributed by atoms with E-state index in [-0.39, 0.29) is 24.0 Å². The Balaban J connectivity index is 0.00000312. The lowest BCUT2D eigenvalue weighted by molar-refractivity contribution is 0.211. The van der Waals surface area contributed by atoms with Crippen LogP contribution in [0.3, 0.4) is 0 Å². The van der Waals surface area contributed by atoms with Gasteiger partial charge >= 0.3 is 0 Å². The second-order valence-electron chi connectivity index (χ2n) is 6.48. The molecule has 0 saturated carbocycles. The summed E-state index contributed by atoms with van der Waals surface area (Å²) in [6.45, 7) is 9.83. The van der Waals surface area contributed by atoms with Crippen LogP contribution in [-0.4, -0.2) is 50.8 Å². The van der Waals surface area contributed by atoms with Crippen molar-refractivity contribution in [1.29, 1.82) is 0 Å². The van der Waals surface area contributed by atoms with E-state index < -0.39 is 0 Å². The van der Waals surface area contributed by atoms with Gasteiger partial charge in [-0.1, -0.05) is 19.1 Å². The predicted molar refractivity (Wildman–Crippen MR) is 117 cm³/mol. The van der Waals surface area contributed by atoms with Crippen molar-refractivity contribution in [2.24, 2.45) is 10.9 Å². The van der Waals surface area contributed by atoms with Crippen molar-refractivity contribution in [3.05, 3.63) is 29.8 Å². The van der Waals surface area contributed by atoms with E-state index in [0.29, 0.717) is 13.2 Å². The normalized spacial score (nSPS) is 17.8. The van der Waals surface area contributed by atoms with Crippen molar-refractivity contribution in [3.63, 3.8) is 0 Å². The number of nitrogens with zero attached hydrogens (tertiary/aromatic N) is 2. The molecule has 0 spiro atoms. The lowest BCUT2D eigenvalue weighted by Crippen LogP contribution is -2.46. The Morgan fingerprint density at radius 3 is 2.72 bits per heavy atom. The molecule has 5 nitrogen and oxygen atoms in total. The van der Waals surface area contributed by atoms with E-state index in [0.717, 1.165) is 43.7 Å². The largest absolute Gasteiger partial charge is 0.383 e. The second kappa shape index (κ2) is 12.4. The van der Waals surface area contributed by atoms with Crippen molar-refractivity contribution >= 4 is 35.6 Å². The lowest BCUT2D eigenvalue weighted by Gasteiger charge is -2.33. The monoisotopic (exact) mass is 460 g/mol. The van der Waals surface area contributed by atoms with Crippen molar-refractivity contribution in [2.75, 3.05) is 45.2 Å². The Kier molecular flexibility index (Phi) is 10.9. The van der Waals surface area contributed by atoms with E-state index in [9.17, 15) is 0 Å². The van der Waals surface area contributed by atoms with Crippen LogP contribution >= 0.6 is 24.0 Å². The summed E-state index contributed by atoms with van der Waals surface area (Å²) in [4.78, 5) is 7.24. The number of anilines is 1. The summed E-state index contributed by atoms with van der Waals surface area (Å²) in [5.74, 6) is 1.80. The Hall–Kier alpha value is -1.02. The Labute approximate surface area is 169 Å². The number of halogens is 1. The Bertz CT molecular complexity index is 507. The molecule has 1 aromatic carbocycles. The average molecular weight is 460 g/mol. The maximum absolute atomic E-state index is 5.05. The number of benzene rings is 1. The van der Waals surface area contributed by atoms with Crippen LogP contribution in [0.25, 0.3) is 0 Å². The molecule has 1 aliphatic heterocycles. The SMILES string of the molecule is CCNC(=NCc1ccc(NCCOC)cc1)N1CCCC(C)C1.I. The molecule has 1 unspecified atom stereocenters. The predicted octanol–water partition coefficient (Wildman–Crippen LogP) is 3.56. The number of aliphatic imine (C=N–C) groups is 1. The molecule has 1 fully saturated rings. The van der Waals surface area contributed by atoms with Gasteiger partial charge in [0, 0.05) is 39.0 Å². The summed E-state index contributed by atoms with van der Waals surface area (Å²) >= 11 is 0. The zero-order valence-electron chi connectivity index (χ0n) is 15.8. The first-order valence-electron chi connectivity index (χ1n) is 9.08. The standard InChI is InChI=1S/C19H32N4O.HI/c1-4-20-19(23-12-5-6-16(2)15-23)22-14-17-7-9-18(10-8-17)21-11-13-24-3;/h7-10,16,21H,4-6,11-15H2,1-3H3,(H,20,22);1H. The van der Waals surface area contributed by atoms with Crippen LogP contribution in [0.4, 0.5) is 5.69 Å². The Morgan fingerprint density at radius 2 is 2.08 bits per heavy atom. The molecule has 2 rings (SSSR count). The van der Waals surface area contributed by atoms with Crippen LogP contribution in [0.5, 0.6) is 0 Å². The van der Waals surface area contributed by atoms with Crippen LogP contribution < -0.4 is 10.6 Å². The van der Waals surface area contributed by atoms with E-state index in [4.69, 9.17) is 9.73 Å². The number of hydrogen-bond donors (Lipinski definition) is 2. The van der Waals surface area contributed by atoms with Crippen LogP contribution in [0, 0.1) is 5.92 Å². The van der Waals surface area contributed by atoms with E-state index in [1.807, 2.05) is 0 Å². The van der Waals surface area contributed by atoms with Gasteiger partial charge in [-0.05, 0) is 43.4 Å². The minimum Gasteiger partial charge on any atom is -0.383 e. The molecule has 1 saturated heterocycles. The molecular weight excluding hydrogens is 427 g/mol. The number of methoxy groups -OCH3 is 1. The van der Waals surface area contributed by atoms with Gasteiger partial charge in [-0.15, -0.1) is 24.0 Å². The summed E-state index contributed by atoms with van der Waals surface area (Å²) in [5.41, 5.74) is 2.35. The van der Waals surface area contributed by atoms with Crippen molar-refractivity contribution < 1.29 is 4.74 Å². The first-order valence-corrected chi connectivity index (χ1v) is 9.08. The molecule has 1 atom stereocenters. The smallest absolute Gasteiger partial charge is 0.194 e. The molecule has 1 aromatic rings. The highest BCUT2D eigenvalue weighted by Crippen LogP contribution is 2.16. The fourth-order valence-corrected chi connectivity index (χ4v) is 3.00. The average Bonchev–Trinajstić information content (AvgIpc) is 2.60. The zero-order chi connectivity index (χ0) is 17.2. The summed E-state index contributed by atoms with van der Waals surface area (Å²) in [6, 6.07) is 8.49. The van der Waals surface area contributed by atoms with Crippen LogP contribution in [0.1, 0.15) is 32.3 Å². The Morgan fingerprint density at radius 1 is 1.32 bits per heavy atom. The summed E-state index contributed by atoms with van der Waals surface area (Å²) in [5, 5.41) is 6.77. The van der Waals surface area contributed by atoms with Crippen molar-refractivity contribution in [2.45, 2.75) is 33.2 Å². The molecule has 1 heterocycles. The third-order valence-electron chi connectivity index (χ3n) is 4.29. The van der Waals surface area contributed by atoms with Crippen LogP contribution in [0.15, 0.2) is 29.3 Å². The second-order valence-corrected chi connectivity index (χ2v) is 6.48. The van der Waals surface area contributed by atoms with Crippen LogP contribution in [-0.2, 0) is 11.3 Å². The minimum absolute atomic E-state index is 0. The third-order valence-corrected chi connectivity index (χ3v) is 4.29. The highest BCUT2D eigenvalue weighted by Gasteiger charge is 2.18. The highest BCUT2D eigenvalue weighted by molar-refractivity contribution is 14.0. The number of piperidine rings is 1. The van der Waals surface area contributed by atoms with Gasteiger partial charge in [0.2, 0.25) is 0 Å². The van der Waals surface area contributed by atoms with Gasteiger partial charge in [-0.2, -0.15) is 0 Å². The van der Waals surface area contributed by atoms with Crippen molar-refractivity contribution in [1.82, 2.24) is 10.2 Å². The molecule has 25 heavy (non-hydrogen) atoms. The maximum Gasteiger partial charge on any atom is 0.194 e. The summed E-state index contributed by atoms with van der Waals surface area (Å²) in [6.07, 6.45) is 2.58. The zero-order valence-corrected chi connectivity index (χ0v) is 18.1. The van der Waals surface area contributed by atoms with Gasteiger partial charge in [0.25, 0.3) is 0 Å². The van der Waals surface area contributed by atoms with Gasteiger partial charge in [0.15, 0.2) is 5.96 Å². The fraction of sp³-hybridized carbons (Fsp3) is 0.632. The minimum atomic E-state index is 0. The number of likely N-dealkylation sites (tertiary alicyclic amines) is 1. The molecule has 0 aliphatic carbocycles. The molecule has 0 amide bonds. The summed E-state index contributed by atoms with van der Waals surface area (Å²) in [7, 11) is 1.72. The van der Waals surface area contributed by atoms with E-state index in [1.165, 1.54) is 18.4 Å². The third kappa shape index (κ3) is 7.81. The summed E-state index contributed by atoms with van der Waals surface area (Å²) < 4.78 is 5.05. The van der Waals surface area contributed by atoms with Crippen LogP contribution in [0.2, 0.25) is 0 Å². The first-order chi connectivity index (χ1) is 11.7. The molecule has 6 heteroatoms. The van der Waals surface area contributed by atoms with Gasteiger partial charge in [-0.3, -0.25) is 0 Å². The van der Waals surface area contributed by atoms with Gasteiger partial charge in [-0.25, -0.2) is 4.99 Å². The van der Waals surface area contributed by atoms with Gasteiger partial charge in [0.1, 0.15) is 0 Å².